The van der Waals surface area contributed by atoms with Gasteiger partial charge in [-0.3, -0.25) is 0 Å². The molecule has 0 saturated carbocycles. The molecule has 0 saturated heterocycles. The predicted molar refractivity (Wildman–Crippen MR) is 194 cm³/mol. The van der Waals surface area contributed by atoms with Crippen LogP contribution in [-0.2, 0) is 4.57 Å². The van der Waals surface area contributed by atoms with Gasteiger partial charge in [0.15, 0.2) is 0 Å². The third-order valence-corrected chi connectivity index (χ3v) is 23.6. The van der Waals surface area contributed by atoms with Crippen LogP contribution in [0, 0.1) is 0 Å². The van der Waals surface area contributed by atoms with E-state index in [2.05, 4.69) is 58.0 Å². The molecule has 0 aliphatic heterocycles. The van der Waals surface area contributed by atoms with Gasteiger partial charge in [0.05, 0.1) is 0 Å². The third kappa shape index (κ3) is 15.9. The fraction of sp³-hybridized carbons (Fsp3) is 0.842. The van der Waals surface area contributed by atoms with Gasteiger partial charge in [0, 0.05) is 0 Å². The van der Waals surface area contributed by atoms with Crippen molar-refractivity contribution in [1.29, 1.82) is 0 Å². The minimum absolute atomic E-state index is 1.18. The summed E-state index contributed by atoms with van der Waals surface area (Å²) < 4.78 is 15.1. The first kappa shape index (κ1) is 38.8. The van der Waals surface area contributed by atoms with E-state index in [1.165, 1.54) is 184 Å². The first-order chi connectivity index (χ1) is 20.1. The Morgan fingerprint density at radius 1 is 0.415 bits per heavy atom. The van der Waals surface area contributed by atoms with Crippen molar-refractivity contribution in [2.45, 2.75) is 182 Å². The Bertz CT molecular complexity index is 697. The Labute approximate surface area is 259 Å². The quantitative estimate of drug-likeness (QED) is 0.0628. The van der Waals surface area contributed by atoms with Crippen LogP contribution in [0.2, 0.25) is 0 Å². The van der Waals surface area contributed by atoms with Crippen molar-refractivity contribution in [3.8, 4) is 0 Å². The average molecular weight is 608 g/mol. The number of hydrogen-bond acceptors (Lipinski definition) is 1. The van der Waals surface area contributed by atoms with E-state index in [0.29, 0.717) is 0 Å². The van der Waals surface area contributed by atoms with Crippen LogP contribution in [0.4, 0.5) is 0 Å². The van der Waals surface area contributed by atoms with Gasteiger partial charge in [-0.25, -0.2) is 0 Å². The Hall–Kier alpha value is -0.250. The van der Waals surface area contributed by atoms with Gasteiger partial charge in [-0.1, -0.05) is 13.3 Å². The van der Waals surface area contributed by atoms with E-state index in [1.54, 1.807) is 0 Å². The van der Waals surface area contributed by atoms with Crippen molar-refractivity contribution in [1.82, 2.24) is 0 Å². The Balaban J connectivity index is 3.02. The molecule has 1 aromatic rings. The molecule has 240 valence electrons. The molecule has 1 unspecified atom stereocenters. The second kappa shape index (κ2) is 25.1. The van der Waals surface area contributed by atoms with E-state index in [4.69, 9.17) is 0 Å². The molecule has 1 rings (SSSR count). The molecular weight excluding hydrogens is 534 g/mol. The van der Waals surface area contributed by atoms with Gasteiger partial charge in [0.2, 0.25) is 0 Å². The van der Waals surface area contributed by atoms with E-state index < -0.39 is 13.8 Å². The summed E-state index contributed by atoms with van der Waals surface area (Å²) in [7, 11) is -1.33. The Morgan fingerprint density at radius 2 is 0.683 bits per heavy atom. The molecule has 3 heteroatoms. The molecule has 0 fully saturated rings. The molecule has 0 aliphatic rings. The summed E-state index contributed by atoms with van der Waals surface area (Å²) in [4.78, 5) is 0. The first-order valence-electron chi connectivity index (χ1n) is 18.6. The van der Waals surface area contributed by atoms with Gasteiger partial charge in [0.1, 0.15) is 0 Å². The fourth-order valence-electron chi connectivity index (χ4n) is 7.11. The Kier molecular flexibility index (Phi) is 23.8. The summed E-state index contributed by atoms with van der Waals surface area (Å²) in [6.07, 6.45) is 35.3. The summed E-state index contributed by atoms with van der Waals surface area (Å²) >= 11 is 0. The second-order valence-electron chi connectivity index (χ2n) is 13.5. The predicted octanol–water partition coefficient (Wildman–Crippen LogP) is 14.0. The molecule has 0 amide bonds. The van der Waals surface area contributed by atoms with Crippen LogP contribution >= 0.6 is 13.8 Å². The summed E-state index contributed by atoms with van der Waals surface area (Å²) in [5, 5.41) is 1.18. The summed E-state index contributed by atoms with van der Waals surface area (Å²) in [5.74, 6) is 0. The van der Waals surface area contributed by atoms with Gasteiger partial charge in [-0.2, -0.15) is 0 Å². The van der Waals surface area contributed by atoms with E-state index in [1.807, 2.05) is 0 Å². The van der Waals surface area contributed by atoms with Crippen LogP contribution in [-0.4, -0.2) is 24.6 Å². The van der Waals surface area contributed by atoms with Crippen molar-refractivity contribution in [3.05, 3.63) is 30.3 Å². The first-order valence-corrected chi connectivity index (χ1v) is 23.6. The number of hydrogen-bond donors (Lipinski definition) is 0. The zero-order valence-corrected chi connectivity index (χ0v) is 30.3. The molecular formula is C38H73OP2+. The van der Waals surface area contributed by atoms with Gasteiger partial charge in [-0.05, 0) is 0 Å². The molecule has 1 aromatic carbocycles. The van der Waals surface area contributed by atoms with Crippen LogP contribution in [0.3, 0.4) is 0 Å². The standard InChI is InChI=1S/C38H73OP2/c1-5-9-13-17-18-19-20-21-22-23-24-31-37-41(34-28-14-10-6-2,35-29-15-11-7-3,36-30-16-12-8-4)40(39)38-32-26-25-27-33-38/h25-27,32-33H,5-24,28-31,34-37H2,1-4H3/q+1. The van der Waals surface area contributed by atoms with Crippen molar-refractivity contribution in [2.75, 3.05) is 24.6 Å². The van der Waals surface area contributed by atoms with Crippen LogP contribution in [0.1, 0.15) is 182 Å². The van der Waals surface area contributed by atoms with Crippen LogP contribution in [0.5, 0.6) is 0 Å². The normalized spacial score (nSPS) is 13.3. The van der Waals surface area contributed by atoms with Gasteiger partial charge >= 0.3 is 247 Å². The van der Waals surface area contributed by atoms with Gasteiger partial charge < -0.3 is 0 Å². The SMILES string of the molecule is CCCCCCCCCCCCCCP(CCCCCC)(CCCCCC)(CCCCCC)[P+](=O)c1ccccc1. The molecule has 41 heavy (non-hydrogen) atoms. The average Bonchev–Trinajstić information content (AvgIpc) is 3.00. The molecule has 1 nitrogen and oxygen atoms in total. The van der Waals surface area contributed by atoms with Crippen molar-refractivity contribution < 1.29 is 4.57 Å². The Morgan fingerprint density at radius 3 is 1.00 bits per heavy atom. The zero-order valence-electron chi connectivity index (χ0n) is 28.5. The van der Waals surface area contributed by atoms with Crippen molar-refractivity contribution in [2.24, 2.45) is 0 Å². The molecule has 0 radical (unpaired) electrons. The number of unbranched alkanes of at least 4 members (excludes halogenated alkanes) is 20. The number of rotatable bonds is 30. The van der Waals surface area contributed by atoms with Crippen molar-refractivity contribution >= 4 is 19.1 Å². The molecule has 0 N–H and O–H groups in total. The van der Waals surface area contributed by atoms with Gasteiger partial charge in [0.25, 0.3) is 0 Å². The maximum absolute atomic E-state index is 15.1. The topological polar surface area (TPSA) is 17.1 Å². The molecule has 0 heterocycles. The molecule has 0 spiro atoms. The minimum atomic E-state index is -2.44. The summed E-state index contributed by atoms with van der Waals surface area (Å²) in [6.45, 7) is 9.28. The van der Waals surface area contributed by atoms with Crippen LogP contribution in [0.15, 0.2) is 30.3 Å². The van der Waals surface area contributed by atoms with Crippen molar-refractivity contribution in [3.63, 3.8) is 0 Å². The molecule has 0 aliphatic carbocycles. The van der Waals surface area contributed by atoms with E-state index in [0.717, 1.165) is 0 Å². The monoisotopic (exact) mass is 608 g/mol. The zero-order chi connectivity index (χ0) is 29.9. The third-order valence-electron chi connectivity index (χ3n) is 9.83. The van der Waals surface area contributed by atoms with Crippen LogP contribution < -0.4 is 5.30 Å². The van der Waals surface area contributed by atoms with Gasteiger partial charge in [-0.15, -0.1) is 0 Å². The second-order valence-corrected chi connectivity index (χ2v) is 24.6. The van der Waals surface area contributed by atoms with E-state index in [-0.39, 0.29) is 0 Å². The fourth-order valence-corrected chi connectivity index (χ4v) is 20.6. The van der Waals surface area contributed by atoms with E-state index in [9.17, 15) is 0 Å². The maximum atomic E-state index is 15.1. The summed E-state index contributed by atoms with van der Waals surface area (Å²) in [5.41, 5.74) is 0. The summed E-state index contributed by atoms with van der Waals surface area (Å²) in [6, 6.07) is 10.8. The number of benzene rings is 1. The van der Waals surface area contributed by atoms with Crippen LogP contribution in [0.25, 0.3) is 0 Å². The molecule has 0 aromatic heterocycles. The molecule has 0 bridgehead atoms. The molecule has 1 atom stereocenters. The van der Waals surface area contributed by atoms with E-state index >= 15 is 4.57 Å².